The predicted octanol–water partition coefficient (Wildman–Crippen LogP) is 2.56. The van der Waals surface area contributed by atoms with Crippen LogP contribution in [0.3, 0.4) is 0 Å². The van der Waals surface area contributed by atoms with Gasteiger partial charge < -0.3 is 0 Å². The molecule has 118 valence electrons. The quantitative estimate of drug-likeness (QED) is 0.941. The SMILES string of the molecule is Cc1ccc(S(=O)(=O)C2C=CC(=O)C(c3ccccc3)N2)cc1. The van der Waals surface area contributed by atoms with Crippen molar-refractivity contribution in [2.24, 2.45) is 0 Å². The third-order valence-corrected chi connectivity index (χ3v) is 5.76. The van der Waals surface area contributed by atoms with Crippen LogP contribution in [-0.4, -0.2) is 19.6 Å². The first-order valence-corrected chi connectivity index (χ1v) is 8.87. The number of ketones is 1. The van der Waals surface area contributed by atoms with Crippen molar-refractivity contribution < 1.29 is 13.2 Å². The summed E-state index contributed by atoms with van der Waals surface area (Å²) < 4.78 is 25.5. The van der Waals surface area contributed by atoms with Gasteiger partial charge in [0.25, 0.3) is 0 Å². The molecule has 2 atom stereocenters. The first kappa shape index (κ1) is 15.6. The Morgan fingerprint density at radius 1 is 0.957 bits per heavy atom. The molecular weight excluding hydrogens is 310 g/mol. The van der Waals surface area contributed by atoms with Crippen LogP contribution in [0.25, 0.3) is 0 Å². The van der Waals surface area contributed by atoms with Crippen LogP contribution in [0.1, 0.15) is 17.2 Å². The molecule has 0 bridgehead atoms. The number of hydrogen-bond acceptors (Lipinski definition) is 4. The summed E-state index contributed by atoms with van der Waals surface area (Å²) in [6.07, 6.45) is 2.77. The summed E-state index contributed by atoms with van der Waals surface area (Å²) in [6, 6.07) is 15.2. The highest BCUT2D eigenvalue weighted by molar-refractivity contribution is 7.92. The summed E-state index contributed by atoms with van der Waals surface area (Å²) in [5.41, 5.74) is 1.75. The van der Waals surface area contributed by atoms with E-state index >= 15 is 0 Å². The van der Waals surface area contributed by atoms with Gasteiger partial charge in [0.15, 0.2) is 15.6 Å². The van der Waals surface area contributed by atoms with Crippen LogP contribution in [0.4, 0.5) is 0 Å². The average molecular weight is 327 g/mol. The number of hydrogen-bond donors (Lipinski definition) is 1. The molecule has 0 spiro atoms. The summed E-state index contributed by atoms with van der Waals surface area (Å²) in [5.74, 6) is -0.147. The van der Waals surface area contributed by atoms with E-state index in [9.17, 15) is 13.2 Å². The zero-order valence-electron chi connectivity index (χ0n) is 12.6. The van der Waals surface area contributed by atoms with E-state index in [0.717, 1.165) is 11.1 Å². The van der Waals surface area contributed by atoms with Gasteiger partial charge in [-0.15, -0.1) is 0 Å². The largest absolute Gasteiger partial charge is 0.293 e. The highest BCUT2D eigenvalue weighted by Gasteiger charge is 2.33. The van der Waals surface area contributed by atoms with Crippen LogP contribution in [0.5, 0.6) is 0 Å². The Morgan fingerprint density at radius 3 is 2.26 bits per heavy atom. The van der Waals surface area contributed by atoms with E-state index in [1.54, 1.807) is 24.3 Å². The van der Waals surface area contributed by atoms with Crippen molar-refractivity contribution in [1.29, 1.82) is 0 Å². The molecule has 1 N–H and O–H groups in total. The van der Waals surface area contributed by atoms with Crippen molar-refractivity contribution in [3.8, 4) is 0 Å². The second kappa shape index (κ2) is 6.10. The maximum Gasteiger partial charge on any atom is 0.197 e. The van der Waals surface area contributed by atoms with Crippen LogP contribution in [0, 0.1) is 6.92 Å². The van der Waals surface area contributed by atoms with Crippen LogP contribution in [-0.2, 0) is 14.6 Å². The first-order chi connectivity index (χ1) is 11.0. The number of benzene rings is 2. The molecule has 0 amide bonds. The lowest BCUT2D eigenvalue weighted by atomic mass is 10.0. The summed E-state index contributed by atoms with van der Waals surface area (Å²) in [7, 11) is -3.59. The Hall–Kier alpha value is -2.24. The Bertz CT molecular complexity index is 840. The second-order valence-electron chi connectivity index (χ2n) is 5.55. The molecule has 4 nitrogen and oxygen atoms in total. The number of sulfone groups is 1. The van der Waals surface area contributed by atoms with E-state index in [2.05, 4.69) is 5.32 Å². The molecule has 5 heteroatoms. The van der Waals surface area contributed by atoms with Gasteiger partial charge in [0.2, 0.25) is 0 Å². The fraction of sp³-hybridized carbons (Fsp3) is 0.167. The summed E-state index contributed by atoms with van der Waals surface area (Å²) in [6.45, 7) is 1.90. The topological polar surface area (TPSA) is 63.2 Å². The zero-order chi connectivity index (χ0) is 16.4. The molecule has 3 rings (SSSR count). The van der Waals surface area contributed by atoms with Crippen LogP contribution >= 0.6 is 0 Å². The molecule has 0 fully saturated rings. The molecule has 0 saturated carbocycles. The summed E-state index contributed by atoms with van der Waals surface area (Å²) >= 11 is 0. The molecule has 1 aliphatic rings. The second-order valence-corrected chi connectivity index (χ2v) is 7.62. The van der Waals surface area contributed by atoms with E-state index in [-0.39, 0.29) is 10.7 Å². The lowest BCUT2D eigenvalue weighted by Crippen LogP contribution is -2.43. The lowest BCUT2D eigenvalue weighted by molar-refractivity contribution is -0.117. The van der Waals surface area contributed by atoms with Gasteiger partial charge in [0.05, 0.1) is 10.9 Å². The number of nitrogens with one attached hydrogen (secondary N) is 1. The zero-order valence-corrected chi connectivity index (χ0v) is 13.5. The van der Waals surface area contributed by atoms with E-state index < -0.39 is 21.3 Å². The number of carbonyl (C=O) groups excluding carboxylic acids is 1. The summed E-state index contributed by atoms with van der Waals surface area (Å²) in [4.78, 5) is 12.3. The smallest absolute Gasteiger partial charge is 0.197 e. The molecule has 0 saturated heterocycles. The number of rotatable bonds is 3. The van der Waals surface area contributed by atoms with Crippen molar-refractivity contribution in [2.45, 2.75) is 23.2 Å². The molecule has 1 aliphatic heterocycles. The van der Waals surface area contributed by atoms with Gasteiger partial charge in [0, 0.05) is 0 Å². The molecule has 2 aromatic rings. The van der Waals surface area contributed by atoms with Crippen molar-refractivity contribution in [3.05, 3.63) is 77.9 Å². The molecule has 2 aromatic carbocycles. The standard InChI is InChI=1S/C18H17NO3S/c1-13-7-9-15(10-8-13)23(21,22)17-12-11-16(20)18(19-17)14-5-3-2-4-6-14/h2-12,17-19H,1H3. The minimum Gasteiger partial charge on any atom is -0.293 e. The van der Waals surface area contributed by atoms with Crippen LogP contribution in [0.2, 0.25) is 0 Å². The minimum atomic E-state index is -3.59. The molecule has 2 unspecified atom stereocenters. The van der Waals surface area contributed by atoms with Gasteiger partial charge in [-0.05, 0) is 36.8 Å². The van der Waals surface area contributed by atoms with Gasteiger partial charge in [-0.1, -0.05) is 48.0 Å². The number of aryl methyl sites for hydroxylation is 1. The monoisotopic (exact) mass is 327 g/mol. The third-order valence-electron chi connectivity index (χ3n) is 3.87. The fourth-order valence-corrected chi connectivity index (χ4v) is 3.96. The average Bonchev–Trinajstić information content (AvgIpc) is 2.56. The van der Waals surface area contributed by atoms with E-state index in [0.29, 0.717) is 0 Å². The molecule has 0 radical (unpaired) electrons. The van der Waals surface area contributed by atoms with Crippen LogP contribution in [0.15, 0.2) is 71.6 Å². The van der Waals surface area contributed by atoms with Gasteiger partial charge in [-0.3, -0.25) is 10.1 Å². The summed E-state index contributed by atoms with van der Waals surface area (Å²) in [5, 5.41) is 2.03. The molecule has 0 aromatic heterocycles. The molecule has 0 aliphatic carbocycles. The first-order valence-electron chi connectivity index (χ1n) is 7.32. The molecule has 23 heavy (non-hydrogen) atoms. The maximum absolute atomic E-state index is 12.8. The van der Waals surface area contributed by atoms with Crippen molar-refractivity contribution in [1.82, 2.24) is 5.32 Å². The highest BCUT2D eigenvalue weighted by atomic mass is 32.2. The Morgan fingerprint density at radius 2 is 1.61 bits per heavy atom. The van der Waals surface area contributed by atoms with Crippen LogP contribution < -0.4 is 5.32 Å². The predicted molar refractivity (Wildman–Crippen MR) is 88.6 cm³/mol. The van der Waals surface area contributed by atoms with Crippen molar-refractivity contribution in [3.63, 3.8) is 0 Å². The number of carbonyl (C=O) groups is 1. The van der Waals surface area contributed by atoms with E-state index in [4.69, 9.17) is 0 Å². The molecule has 1 heterocycles. The molecular formula is C18H17NO3S. The van der Waals surface area contributed by atoms with E-state index in [1.807, 2.05) is 37.3 Å². The highest BCUT2D eigenvalue weighted by Crippen LogP contribution is 2.24. The van der Waals surface area contributed by atoms with Crippen molar-refractivity contribution in [2.75, 3.05) is 0 Å². The van der Waals surface area contributed by atoms with Gasteiger partial charge in [-0.2, -0.15) is 0 Å². The van der Waals surface area contributed by atoms with Gasteiger partial charge in [-0.25, -0.2) is 8.42 Å². The maximum atomic E-state index is 12.8. The lowest BCUT2D eigenvalue weighted by Gasteiger charge is -2.26. The normalized spacial score (nSPS) is 21.3. The fourth-order valence-electron chi connectivity index (χ4n) is 2.55. The van der Waals surface area contributed by atoms with Gasteiger partial charge >= 0.3 is 0 Å². The minimum absolute atomic E-state index is 0.147. The van der Waals surface area contributed by atoms with Crippen molar-refractivity contribution >= 4 is 15.6 Å². The van der Waals surface area contributed by atoms with Gasteiger partial charge in [0.1, 0.15) is 5.37 Å². The third kappa shape index (κ3) is 3.11. The van der Waals surface area contributed by atoms with E-state index in [1.165, 1.54) is 12.2 Å². The Labute approximate surface area is 135 Å². The Kier molecular flexibility index (Phi) is 4.15. The Balaban J connectivity index is 1.93.